The summed E-state index contributed by atoms with van der Waals surface area (Å²) in [5.74, 6) is 0.358. The summed E-state index contributed by atoms with van der Waals surface area (Å²) in [5, 5.41) is 13.3. The van der Waals surface area contributed by atoms with Crippen molar-refractivity contribution in [2.75, 3.05) is 62.6 Å². The summed E-state index contributed by atoms with van der Waals surface area (Å²) in [6, 6.07) is 11.5. The number of piperazine rings is 1. The smallest absolute Gasteiger partial charge is 0.410 e. The number of phenols is 1. The highest BCUT2D eigenvalue weighted by atomic mass is 32.2. The Balaban J connectivity index is 1.08. The van der Waals surface area contributed by atoms with Crippen LogP contribution in [-0.2, 0) is 32.2 Å². The number of rotatable bonds is 6. The fraction of sp³-hybridized carbons (Fsp3) is 0.571. The highest BCUT2D eigenvalue weighted by Gasteiger charge is 2.37. The molecule has 4 amide bonds. The van der Waals surface area contributed by atoms with Crippen molar-refractivity contribution in [3.63, 3.8) is 0 Å². The van der Waals surface area contributed by atoms with Crippen LogP contribution in [0.2, 0.25) is 0 Å². The Kier molecular flexibility index (Phi) is 10.2. The highest BCUT2D eigenvalue weighted by molar-refractivity contribution is 7.91. The number of carbonyl (C=O) groups excluding carboxylic acids is 3. The fourth-order valence-electron chi connectivity index (χ4n) is 7.61. The van der Waals surface area contributed by atoms with Gasteiger partial charge < -0.3 is 29.9 Å². The van der Waals surface area contributed by atoms with E-state index in [1.54, 1.807) is 23.6 Å². The zero-order valence-corrected chi connectivity index (χ0v) is 28.7. The van der Waals surface area contributed by atoms with Crippen LogP contribution in [0.1, 0.15) is 47.9 Å². The number of amides is 4. The number of hydrogen-bond acceptors (Lipinski definition) is 8. The predicted octanol–water partition coefficient (Wildman–Crippen LogP) is 3.33. The maximum atomic E-state index is 14.0. The molecule has 4 aliphatic rings. The van der Waals surface area contributed by atoms with Crippen molar-refractivity contribution in [2.45, 2.75) is 70.6 Å². The van der Waals surface area contributed by atoms with Crippen molar-refractivity contribution in [1.82, 2.24) is 19.6 Å². The van der Waals surface area contributed by atoms with Gasteiger partial charge in [0.1, 0.15) is 15.6 Å². The molecule has 3 saturated heterocycles. The molecule has 1 atom stereocenters. The Hall–Kier alpha value is -3.84. The van der Waals surface area contributed by atoms with Gasteiger partial charge in [0.2, 0.25) is 0 Å². The first-order valence-electron chi connectivity index (χ1n) is 17.1. The average Bonchev–Trinajstić information content (AvgIpc) is 3.24. The van der Waals surface area contributed by atoms with Crippen LogP contribution in [0.3, 0.4) is 0 Å². The van der Waals surface area contributed by atoms with Gasteiger partial charge in [0.25, 0.3) is 5.91 Å². The number of piperidine rings is 1. The molecule has 0 saturated carbocycles. The van der Waals surface area contributed by atoms with Gasteiger partial charge in [0.15, 0.2) is 6.10 Å². The molecule has 0 bridgehead atoms. The van der Waals surface area contributed by atoms with Crippen LogP contribution in [0.5, 0.6) is 5.75 Å². The van der Waals surface area contributed by atoms with E-state index in [1.165, 1.54) is 0 Å². The predicted molar refractivity (Wildman–Crippen MR) is 182 cm³/mol. The molecule has 0 spiro atoms. The monoisotopic (exact) mass is 681 g/mol. The SMILES string of the molecule is Cc1cc(C[C@@H](OC(=O)N2CCC(N3CCc4ccccc4NC3=O)CC2)C(=O)N2CCN(C3CCS(=O)(=O)CC3)CC2)cc(C)c1O. The Morgan fingerprint density at radius 3 is 2.21 bits per heavy atom. The number of likely N-dealkylation sites (tertiary alicyclic amines) is 1. The topological polar surface area (TPSA) is 140 Å². The quantitative estimate of drug-likeness (QED) is 0.474. The van der Waals surface area contributed by atoms with E-state index in [-0.39, 0.29) is 47.7 Å². The van der Waals surface area contributed by atoms with E-state index in [4.69, 9.17) is 4.74 Å². The van der Waals surface area contributed by atoms with E-state index < -0.39 is 22.0 Å². The van der Waals surface area contributed by atoms with E-state index in [9.17, 15) is 27.9 Å². The highest BCUT2D eigenvalue weighted by Crippen LogP contribution is 2.27. The minimum absolute atomic E-state index is 0.00990. The van der Waals surface area contributed by atoms with Gasteiger partial charge in [-0.3, -0.25) is 9.69 Å². The summed E-state index contributed by atoms with van der Waals surface area (Å²) >= 11 is 0. The maximum absolute atomic E-state index is 14.0. The fourth-order valence-corrected chi connectivity index (χ4v) is 9.07. The number of ether oxygens (including phenoxy) is 1. The minimum Gasteiger partial charge on any atom is -0.507 e. The molecule has 260 valence electrons. The first-order valence-corrected chi connectivity index (χ1v) is 18.9. The summed E-state index contributed by atoms with van der Waals surface area (Å²) in [6.45, 7) is 7.24. The molecule has 4 aliphatic heterocycles. The van der Waals surface area contributed by atoms with Gasteiger partial charge in [-0.25, -0.2) is 18.0 Å². The molecular weight excluding hydrogens is 634 g/mol. The molecule has 3 fully saturated rings. The number of sulfone groups is 1. The van der Waals surface area contributed by atoms with Gasteiger partial charge in [0.05, 0.1) is 11.5 Å². The lowest BCUT2D eigenvalue weighted by atomic mass is 10.00. The van der Waals surface area contributed by atoms with E-state index in [0.717, 1.165) is 23.2 Å². The van der Waals surface area contributed by atoms with Crippen LogP contribution in [-0.4, -0.2) is 127 Å². The zero-order valence-electron chi connectivity index (χ0n) is 27.9. The number of anilines is 1. The second-order valence-electron chi connectivity index (χ2n) is 13.6. The van der Waals surface area contributed by atoms with Crippen molar-refractivity contribution in [1.29, 1.82) is 0 Å². The van der Waals surface area contributed by atoms with Gasteiger partial charge >= 0.3 is 12.1 Å². The summed E-state index contributed by atoms with van der Waals surface area (Å²) in [5.41, 5.74) is 4.12. The Morgan fingerprint density at radius 2 is 1.54 bits per heavy atom. The third kappa shape index (κ3) is 7.72. The van der Waals surface area contributed by atoms with Gasteiger partial charge in [-0.15, -0.1) is 0 Å². The molecule has 6 rings (SSSR count). The number of benzene rings is 2. The summed E-state index contributed by atoms with van der Waals surface area (Å²) < 4.78 is 29.8. The molecule has 0 unspecified atom stereocenters. The Labute approximate surface area is 282 Å². The van der Waals surface area contributed by atoms with Gasteiger partial charge in [-0.05, 0) is 74.3 Å². The van der Waals surface area contributed by atoms with Crippen molar-refractivity contribution < 1.29 is 32.6 Å². The standard InChI is InChI=1S/C35H47N5O7S/c1-24-21-26(22-25(2)32(24)41)23-31(33(42)38-17-15-37(16-18-38)28-10-19-48(45,46)20-11-28)47-35(44)39-12-8-29(9-13-39)40-14-7-27-5-3-4-6-30(27)36-34(40)43/h3-6,21-22,28-29,31,41H,7-20,23H2,1-2H3,(H,36,43)/t31-/m1/s1. The molecule has 0 aliphatic carbocycles. The summed E-state index contributed by atoms with van der Waals surface area (Å²) in [4.78, 5) is 48.1. The van der Waals surface area contributed by atoms with Crippen LogP contribution >= 0.6 is 0 Å². The normalized spacial score (nSPS) is 21.6. The van der Waals surface area contributed by atoms with Crippen LogP contribution < -0.4 is 5.32 Å². The van der Waals surface area contributed by atoms with Crippen molar-refractivity contribution in [3.8, 4) is 5.75 Å². The van der Waals surface area contributed by atoms with E-state index in [1.807, 2.05) is 41.3 Å². The van der Waals surface area contributed by atoms with E-state index in [2.05, 4.69) is 10.2 Å². The van der Waals surface area contributed by atoms with Gasteiger partial charge in [0, 0.05) is 70.0 Å². The molecule has 4 heterocycles. The average molecular weight is 682 g/mol. The zero-order chi connectivity index (χ0) is 34.0. The lowest BCUT2D eigenvalue weighted by Gasteiger charge is -2.41. The maximum Gasteiger partial charge on any atom is 0.410 e. The van der Waals surface area contributed by atoms with Gasteiger partial charge in [-0.1, -0.05) is 30.3 Å². The molecule has 0 radical (unpaired) electrons. The molecule has 48 heavy (non-hydrogen) atoms. The summed E-state index contributed by atoms with van der Waals surface area (Å²) in [6.07, 6.45) is 1.79. The molecule has 12 nitrogen and oxygen atoms in total. The minimum atomic E-state index is -2.95. The van der Waals surface area contributed by atoms with E-state index >= 15 is 0 Å². The van der Waals surface area contributed by atoms with Crippen LogP contribution in [0.4, 0.5) is 15.3 Å². The molecular formula is C35H47N5O7S. The number of nitrogens with one attached hydrogen (secondary N) is 1. The van der Waals surface area contributed by atoms with Crippen LogP contribution in [0.15, 0.2) is 36.4 Å². The second-order valence-corrected chi connectivity index (χ2v) is 16.0. The summed E-state index contributed by atoms with van der Waals surface area (Å²) in [7, 11) is -2.95. The van der Waals surface area contributed by atoms with E-state index in [0.29, 0.717) is 82.6 Å². The third-order valence-corrected chi connectivity index (χ3v) is 12.2. The molecule has 13 heteroatoms. The lowest BCUT2D eigenvalue weighted by molar-refractivity contribution is -0.143. The van der Waals surface area contributed by atoms with Crippen molar-refractivity contribution in [2.24, 2.45) is 0 Å². The van der Waals surface area contributed by atoms with Crippen LogP contribution in [0, 0.1) is 13.8 Å². The number of urea groups is 1. The number of aryl methyl sites for hydroxylation is 2. The van der Waals surface area contributed by atoms with Crippen LogP contribution in [0.25, 0.3) is 0 Å². The Bertz CT molecular complexity index is 1600. The molecule has 2 aromatic carbocycles. The number of hydrogen-bond donors (Lipinski definition) is 2. The molecule has 2 aromatic rings. The number of phenolic OH excluding ortho intramolecular Hbond substituents is 1. The van der Waals surface area contributed by atoms with Gasteiger partial charge in [-0.2, -0.15) is 0 Å². The lowest BCUT2D eigenvalue weighted by Crippen LogP contribution is -2.56. The Morgan fingerprint density at radius 1 is 0.896 bits per heavy atom. The molecule has 2 N–H and O–H groups in total. The number of aromatic hydroxyl groups is 1. The third-order valence-electron chi connectivity index (χ3n) is 10.5. The van der Waals surface area contributed by atoms with Crippen molar-refractivity contribution >= 4 is 33.6 Å². The number of carbonyl (C=O) groups is 3. The first kappa shape index (κ1) is 34.0. The number of nitrogens with zero attached hydrogens (tertiary/aromatic N) is 4. The number of para-hydroxylation sites is 1. The van der Waals surface area contributed by atoms with Crippen molar-refractivity contribution in [3.05, 3.63) is 58.7 Å². The largest absolute Gasteiger partial charge is 0.507 e. The first-order chi connectivity index (χ1) is 23.0. The number of fused-ring (bicyclic) bond motifs is 1. The molecule has 0 aromatic heterocycles. The second kappa shape index (κ2) is 14.3.